The highest BCUT2D eigenvalue weighted by molar-refractivity contribution is 6.31. The number of aryl methyl sites for hydroxylation is 1. The van der Waals surface area contributed by atoms with Gasteiger partial charge < -0.3 is 5.73 Å². The molecule has 0 spiro atoms. The topological polar surface area (TPSA) is 60.9 Å². The number of carbonyl (C=O) groups excluding carboxylic acids is 1. The molecule has 0 radical (unpaired) electrons. The molecule has 0 aliphatic rings. The van der Waals surface area contributed by atoms with Crippen molar-refractivity contribution in [1.82, 2.24) is 9.78 Å². The van der Waals surface area contributed by atoms with Crippen LogP contribution >= 0.6 is 11.6 Å². The van der Waals surface area contributed by atoms with Gasteiger partial charge in [0.25, 0.3) is 0 Å². The summed E-state index contributed by atoms with van der Waals surface area (Å²) in [6.07, 6.45) is 1.48. The van der Waals surface area contributed by atoms with E-state index in [1.807, 2.05) is 0 Å². The van der Waals surface area contributed by atoms with Gasteiger partial charge in [-0.2, -0.15) is 5.10 Å². The monoisotopic (exact) mass is 267 g/mol. The number of aromatic nitrogens is 2. The van der Waals surface area contributed by atoms with Gasteiger partial charge in [0.05, 0.1) is 11.8 Å². The van der Waals surface area contributed by atoms with E-state index in [2.05, 4.69) is 5.10 Å². The number of nitrogen functional groups attached to an aromatic ring is 1. The van der Waals surface area contributed by atoms with Crippen molar-refractivity contribution in [2.24, 2.45) is 7.05 Å². The first kappa shape index (κ1) is 12.6. The Kier molecular flexibility index (Phi) is 3.34. The van der Waals surface area contributed by atoms with Crippen LogP contribution in [0.5, 0.6) is 0 Å². The Bertz CT molecular complexity index is 609. The second-order valence-corrected chi connectivity index (χ2v) is 4.31. The number of halogens is 2. The molecule has 4 nitrogen and oxygen atoms in total. The maximum Gasteiger partial charge on any atom is 0.172 e. The molecule has 2 rings (SSSR count). The minimum Gasteiger partial charge on any atom is -0.383 e. The number of hydrogen-bond donors (Lipinski definition) is 1. The zero-order valence-electron chi connectivity index (χ0n) is 9.65. The average molecular weight is 268 g/mol. The fraction of sp³-hybridized carbons (Fsp3) is 0.167. The number of hydrogen-bond acceptors (Lipinski definition) is 3. The molecule has 1 aromatic carbocycles. The highest BCUT2D eigenvalue weighted by atomic mass is 35.5. The summed E-state index contributed by atoms with van der Waals surface area (Å²) in [6.45, 7) is 0. The molecule has 18 heavy (non-hydrogen) atoms. The van der Waals surface area contributed by atoms with Crippen molar-refractivity contribution < 1.29 is 9.18 Å². The zero-order chi connectivity index (χ0) is 13.3. The smallest absolute Gasteiger partial charge is 0.172 e. The minimum absolute atomic E-state index is 0.0645. The van der Waals surface area contributed by atoms with Gasteiger partial charge >= 0.3 is 0 Å². The Morgan fingerprint density at radius 3 is 2.83 bits per heavy atom. The van der Waals surface area contributed by atoms with Crippen molar-refractivity contribution in [3.63, 3.8) is 0 Å². The Balaban J connectivity index is 2.24. The Morgan fingerprint density at radius 1 is 1.56 bits per heavy atom. The maximum atomic E-state index is 12.9. The van der Waals surface area contributed by atoms with Gasteiger partial charge in [0.2, 0.25) is 0 Å². The van der Waals surface area contributed by atoms with Crippen molar-refractivity contribution in [2.45, 2.75) is 6.42 Å². The van der Waals surface area contributed by atoms with Crippen LogP contribution in [0.1, 0.15) is 15.9 Å². The molecule has 2 N–H and O–H groups in total. The minimum atomic E-state index is -0.433. The van der Waals surface area contributed by atoms with Crippen molar-refractivity contribution in [3.8, 4) is 0 Å². The fourth-order valence-corrected chi connectivity index (χ4v) is 1.83. The van der Waals surface area contributed by atoms with E-state index in [0.29, 0.717) is 16.9 Å². The lowest BCUT2D eigenvalue weighted by Crippen LogP contribution is -2.07. The third-order valence-corrected chi connectivity index (χ3v) is 3.00. The van der Waals surface area contributed by atoms with E-state index < -0.39 is 5.82 Å². The molecule has 0 aliphatic carbocycles. The van der Waals surface area contributed by atoms with E-state index in [1.54, 1.807) is 7.05 Å². The lowest BCUT2D eigenvalue weighted by molar-refractivity contribution is 0.0994. The molecule has 0 unspecified atom stereocenters. The van der Waals surface area contributed by atoms with Gasteiger partial charge in [0, 0.05) is 18.5 Å². The van der Waals surface area contributed by atoms with Crippen LogP contribution in [0.4, 0.5) is 10.2 Å². The molecule has 0 amide bonds. The number of anilines is 1. The highest BCUT2D eigenvalue weighted by Gasteiger charge is 2.15. The Morgan fingerprint density at radius 2 is 2.28 bits per heavy atom. The third kappa shape index (κ3) is 2.36. The lowest BCUT2D eigenvalue weighted by atomic mass is 10.0. The van der Waals surface area contributed by atoms with E-state index in [9.17, 15) is 9.18 Å². The number of Topliss-reactive ketones (excluding diaryl/α,β-unsaturated/α-hetero) is 1. The summed E-state index contributed by atoms with van der Waals surface area (Å²) in [4.78, 5) is 12.0. The highest BCUT2D eigenvalue weighted by Crippen LogP contribution is 2.20. The standard InChI is InChI=1S/C12H11ClFN3O/c1-17-12(15)9(6-16-17)11(18)4-7-2-3-8(14)5-10(7)13/h2-3,5-6H,4,15H2,1H3. The summed E-state index contributed by atoms with van der Waals surface area (Å²) >= 11 is 5.86. The van der Waals surface area contributed by atoms with E-state index in [-0.39, 0.29) is 17.2 Å². The van der Waals surface area contributed by atoms with Gasteiger partial charge in [-0.3, -0.25) is 9.48 Å². The molecule has 0 fully saturated rings. The third-order valence-electron chi connectivity index (χ3n) is 2.65. The molecule has 2 aromatic rings. The number of carbonyl (C=O) groups is 1. The molecule has 94 valence electrons. The van der Waals surface area contributed by atoms with Gasteiger partial charge in [0.1, 0.15) is 11.6 Å². The second-order valence-electron chi connectivity index (χ2n) is 3.90. The summed E-state index contributed by atoms with van der Waals surface area (Å²) in [6, 6.07) is 3.93. The molecular weight excluding hydrogens is 257 g/mol. The molecular formula is C12H11ClFN3O. The number of ketones is 1. The second kappa shape index (κ2) is 4.78. The van der Waals surface area contributed by atoms with Crippen LogP contribution in [0.3, 0.4) is 0 Å². The van der Waals surface area contributed by atoms with E-state index in [4.69, 9.17) is 17.3 Å². The number of rotatable bonds is 3. The van der Waals surface area contributed by atoms with Crippen molar-refractivity contribution in [3.05, 3.63) is 46.4 Å². The van der Waals surface area contributed by atoms with Crippen molar-refractivity contribution in [2.75, 3.05) is 5.73 Å². The van der Waals surface area contributed by atoms with E-state index in [0.717, 1.165) is 0 Å². The molecule has 0 bridgehead atoms. The summed E-state index contributed by atoms with van der Waals surface area (Å²) in [5.74, 6) is -0.329. The van der Waals surface area contributed by atoms with Crippen LogP contribution in [0, 0.1) is 5.82 Å². The van der Waals surface area contributed by atoms with Gasteiger partial charge in [-0.1, -0.05) is 17.7 Å². The summed E-state index contributed by atoms with van der Waals surface area (Å²) in [5.41, 5.74) is 6.61. The summed E-state index contributed by atoms with van der Waals surface area (Å²) < 4.78 is 14.3. The summed E-state index contributed by atoms with van der Waals surface area (Å²) in [7, 11) is 1.65. The Labute approximate surface area is 108 Å². The van der Waals surface area contributed by atoms with Crippen LogP contribution in [0.25, 0.3) is 0 Å². The fourth-order valence-electron chi connectivity index (χ4n) is 1.60. The molecule has 0 aliphatic heterocycles. The normalized spacial score (nSPS) is 10.6. The quantitative estimate of drug-likeness (QED) is 0.868. The van der Waals surface area contributed by atoms with Gasteiger partial charge in [-0.05, 0) is 17.7 Å². The zero-order valence-corrected chi connectivity index (χ0v) is 10.4. The van der Waals surface area contributed by atoms with Gasteiger partial charge in [-0.25, -0.2) is 4.39 Å². The van der Waals surface area contributed by atoms with Gasteiger partial charge in [-0.15, -0.1) is 0 Å². The average Bonchev–Trinajstić information content (AvgIpc) is 2.64. The Hall–Kier alpha value is -1.88. The van der Waals surface area contributed by atoms with E-state index >= 15 is 0 Å². The largest absolute Gasteiger partial charge is 0.383 e. The number of benzene rings is 1. The van der Waals surface area contributed by atoms with Crippen LogP contribution < -0.4 is 5.73 Å². The number of nitrogens with two attached hydrogens (primary N) is 1. The predicted molar refractivity (Wildman–Crippen MR) is 67.1 cm³/mol. The first-order valence-corrected chi connectivity index (χ1v) is 5.61. The van der Waals surface area contributed by atoms with Crippen LogP contribution in [0.15, 0.2) is 24.4 Å². The van der Waals surface area contributed by atoms with E-state index in [1.165, 1.54) is 29.1 Å². The van der Waals surface area contributed by atoms with Crippen molar-refractivity contribution >= 4 is 23.2 Å². The van der Waals surface area contributed by atoms with Crippen LogP contribution in [0.2, 0.25) is 5.02 Å². The number of nitrogens with zero attached hydrogens (tertiary/aromatic N) is 2. The summed E-state index contributed by atoms with van der Waals surface area (Å²) in [5, 5.41) is 4.12. The molecule has 6 heteroatoms. The van der Waals surface area contributed by atoms with Crippen molar-refractivity contribution in [1.29, 1.82) is 0 Å². The van der Waals surface area contributed by atoms with Gasteiger partial charge in [0.15, 0.2) is 5.78 Å². The molecule has 1 aromatic heterocycles. The van der Waals surface area contributed by atoms with Crippen LogP contribution in [-0.4, -0.2) is 15.6 Å². The van der Waals surface area contributed by atoms with Crippen LogP contribution in [-0.2, 0) is 13.5 Å². The SMILES string of the molecule is Cn1ncc(C(=O)Cc2ccc(F)cc2Cl)c1N. The lowest BCUT2D eigenvalue weighted by Gasteiger charge is -2.03. The first-order chi connectivity index (χ1) is 8.49. The predicted octanol–water partition coefficient (Wildman–Crippen LogP) is 2.22. The molecule has 0 atom stereocenters. The molecule has 0 saturated carbocycles. The first-order valence-electron chi connectivity index (χ1n) is 5.23. The molecule has 1 heterocycles. The maximum absolute atomic E-state index is 12.9. The molecule has 0 saturated heterocycles.